The highest BCUT2D eigenvalue weighted by Crippen LogP contribution is 2.23. The minimum absolute atomic E-state index is 0.000257. The molecule has 0 spiro atoms. The number of carbonyl (C=O) groups is 2. The first kappa shape index (κ1) is 19.4. The van der Waals surface area contributed by atoms with Crippen molar-refractivity contribution in [2.75, 3.05) is 31.1 Å². The van der Waals surface area contributed by atoms with E-state index in [4.69, 9.17) is 0 Å². The van der Waals surface area contributed by atoms with Crippen LogP contribution >= 0.6 is 0 Å². The quantitative estimate of drug-likeness (QED) is 0.822. The van der Waals surface area contributed by atoms with Crippen molar-refractivity contribution >= 4 is 17.3 Å². The normalized spacial score (nSPS) is 16.4. The lowest BCUT2D eigenvalue weighted by Crippen LogP contribution is -2.52. The molecule has 0 saturated carbocycles. The van der Waals surface area contributed by atoms with Crippen LogP contribution in [0.4, 0.5) is 5.69 Å². The third-order valence-corrected chi connectivity index (χ3v) is 5.64. The van der Waals surface area contributed by atoms with Crippen LogP contribution in [0.3, 0.4) is 0 Å². The Hall–Kier alpha value is -2.40. The molecule has 1 saturated heterocycles. The Kier molecular flexibility index (Phi) is 5.51. The lowest BCUT2D eigenvalue weighted by Gasteiger charge is -2.38. The van der Waals surface area contributed by atoms with Gasteiger partial charge >= 0.3 is 0 Å². The van der Waals surface area contributed by atoms with E-state index in [1.165, 1.54) is 11.3 Å². The van der Waals surface area contributed by atoms with Crippen LogP contribution in [0, 0.1) is 20.8 Å². The summed E-state index contributed by atoms with van der Waals surface area (Å²) in [4.78, 5) is 32.6. The van der Waals surface area contributed by atoms with Gasteiger partial charge in [0.2, 0.25) is 0 Å². The summed E-state index contributed by atoms with van der Waals surface area (Å²) in [6.07, 6.45) is 0. The van der Waals surface area contributed by atoms with Crippen LogP contribution in [0.5, 0.6) is 0 Å². The van der Waals surface area contributed by atoms with Crippen molar-refractivity contribution in [2.24, 2.45) is 0 Å². The fraction of sp³-hybridized carbons (Fsp3) is 0.455. The van der Waals surface area contributed by atoms with Crippen LogP contribution in [0.2, 0.25) is 0 Å². The number of ketones is 2. The molecule has 0 unspecified atom stereocenters. The lowest BCUT2D eigenvalue weighted by molar-refractivity contribution is 0.0824. The lowest BCUT2D eigenvalue weighted by atomic mass is 10.0. The molecule has 2 heterocycles. The van der Waals surface area contributed by atoms with Gasteiger partial charge in [-0.15, -0.1) is 0 Å². The molecule has 27 heavy (non-hydrogen) atoms. The van der Waals surface area contributed by atoms with Gasteiger partial charge in [-0.25, -0.2) is 0 Å². The van der Waals surface area contributed by atoms with E-state index in [9.17, 15) is 9.59 Å². The van der Waals surface area contributed by atoms with Crippen LogP contribution in [0.25, 0.3) is 0 Å². The molecule has 0 bridgehead atoms. The monoisotopic (exact) mass is 367 g/mol. The smallest absolute Gasteiger partial charge is 0.196 e. The molecule has 1 fully saturated rings. The maximum atomic E-state index is 13.1. The van der Waals surface area contributed by atoms with Gasteiger partial charge in [-0.05, 0) is 57.9 Å². The van der Waals surface area contributed by atoms with E-state index in [1.807, 2.05) is 20.8 Å². The number of benzene rings is 1. The third kappa shape index (κ3) is 3.83. The summed E-state index contributed by atoms with van der Waals surface area (Å²) in [6.45, 7) is 12.8. The van der Waals surface area contributed by atoms with Gasteiger partial charge in [-0.1, -0.05) is 12.1 Å². The molecule has 1 aromatic carbocycles. The molecule has 2 aromatic rings. The number of anilines is 1. The van der Waals surface area contributed by atoms with Crippen molar-refractivity contribution < 1.29 is 9.59 Å². The van der Waals surface area contributed by atoms with Crippen molar-refractivity contribution in [3.63, 3.8) is 0 Å². The Morgan fingerprint density at radius 3 is 2.30 bits per heavy atom. The van der Waals surface area contributed by atoms with Gasteiger partial charge < -0.3 is 9.88 Å². The second-order valence-electron chi connectivity index (χ2n) is 7.58. The summed E-state index contributed by atoms with van der Waals surface area (Å²) in [5.74, 6) is 0.0619. The van der Waals surface area contributed by atoms with Crippen molar-refractivity contribution in [1.82, 2.24) is 9.88 Å². The highest BCUT2D eigenvalue weighted by Gasteiger charge is 2.29. The maximum absolute atomic E-state index is 13.1. The number of Topliss-reactive ketones (excluding diaryl/α,β-unsaturated/α-hetero) is 2. The van der Waals surface area contributed by atoms with Gasteiger partial charge in [-0.3, -0.25) is 14.5 Å². The Balaban J connectivity index is 1.69. The number of H-pyrrole nitrogens is 1. The first-order valence-corrected chi connectivity index (χ1v) is 9.59. The van der Waals surface area contributed by atoms with Crippen molar-refractivity contribution in [1.29, 1.82) is 0 Å². The van der Waals surface area contributed by atoms with E-state index in [0.29, 0.717) is 11.3 Å². The number of hydrogen-bond donors (Lipinski definition) is 1. The Labute approximate surface area is 161 Å². The standard InChI is InChI=1S/C22H29N3O2/c1-14-7-6-8-19(13-14)25-11-9-24(10-12-25)17(4)22(27)21-15(2)20(18(5)26)16(3)23-21/h6-8,13,17,23H,9-12H2,1-5H3/t17-/m1/s1. The summed E-state index contributed by atoms with van der Waals surface area (Å²) < 4.78 is 0. The van der Waals surface area contributed by atoms with Gasteiger partial charge in [0.1, 0.15) is 0 Å². The number of nitrogens with one attached hydrogen (secondary N) is 1. The molecule has 3 rings (SSSR count). The number of rotatable bonds is 5. The number of hydrogen-bond acceptors (Lipinski definition) is 4. The molecule has 1 aromatic heterocycles. The van der Waals surface area contributed by atoms with E-state index in [-0.39, 0.29) is 17.6 Å². The average molecular weight is 367 g/mol. The van der Waals surface area contributed by atoms with Crippen LogP contribution in [0.1, 0.15) is 51.5 Å². The zero-order chi connectivity index (χ0) is 19.7. The van der Waals surface area contributed by atoms with Crippen LogP contribution in [-0.2, 0) is 0 Å². The molecular weight excluding hydrogens is 338 g/mol. The van der Waals surface area contributed by atoms with E-state index >= 15 is 0 Å². The van der Waals surface area contributed by atoms with E-state index in [0.717, 1.165) is 37.4 Å². The van der Waals surface area contributed by atoms with Crippen molar-refractivity contribution in [2.45, 2.75) is 40.7 Å². The zero-order valence-electron chi connectivity index (χ0n) is 16.9. The number of aryl methyl sites for hydroxylation is 2. The highest BCUT2D eigenvalue weighted by molar-refractivity contribution is 6.05. The molecule has 0 amide bonds. The molecule has 5 heteroatoms. The van der Waals surface area contributed by atoms with Gasteiger partial charge in [0.25, 0.3) is 0 Å². The number of aromatic nitrogens is 1. The van der Waals surface area contributed by atoms with E-state index in [1.54, 1.807) is 6.92 Å². The zero-order valence-corrected chi connectivity index (χ0v) is 16.9. The molecular formula is C22H29N3O2. The van der Waals surface area contributed by atoms with Gasteiger partial charge in [0.15, 0.2) is 11.6 Å². The summed E-state index contributed by atoms with van der Waals surface area (Å²) in [5, 5.41) is 0. The molecule has 1 atom stereocenters. The topological polar surface area (TPSA) is 56.4 Å². The molecule has 5 nitrogen and oxygen atoms in total. The molecule has 1 N–H and O–H groups in total. The second kappa shape index (κ2) is 7.69. The fourth-order valence-electron chi connectivity index (χ4n) is 4.09. The largest absolute Gasteiger partial charge is 0.369 e. The summed E-state index contributed by atoms with van der Waals surface area (Å²) in [5.41, 5.74) is 5.28. The van der Waals surface area contributed by atoms with Crippen LogP contribution < -0.4 is 4.90 Å². The average Bonchev–Trinajstić information content (AvgIpc) is 2.95. The number of aromatic amines is 1. The molecule has 1 aliphatic heterocycles. The second-order valence-corrected chi connectivity index (χ2v) is 7.58. The molecule has 144 valence electrons. The van der Waals surface area contributed by atoms with Gasteiger partial charge in [0.05, 0.1) is 11.7 Å². The number of carbonyl (C=O) groups excluding carboxylic acids is 2. The van der Waals surface area contributed by atoms with Crippen LogP contribution in [0.15, 0.2) is 24.3 Å². The summed E-state index contributed by atoms with van der Waals surface area (Å²) in [6, 6.07) is 8.34. The van der Waals surface area contributed by atoms with Crippen molar-refractivity contribution in [3.8, 4) is 0 Å². The van der Waals surface area contributed by atoms with Gasteiger partial charge in [-0.2, -0.15) is 0 Å². The summed E-state index contributed by atoms with van der Waals surface area (Å²) >= 11 is 0. The number of piperazine rings is 1. The number of nitrogens with zero attached hydrogens (tertiary/aromatic N) is 2. The minimum atomic E-state index is -0.207. The Morgan fingerprint density at radius 2 is 1.74 bits per heavy atom. The van der Waals surface area contributed by atoms with Crippen LogP contribution in [-0.4, -0.2) is 53.7 Å². The third-order valence-electron chi connectivity index (χ3n) is 5.64. The predicted molar refractivity (Wildman–Crippen MR) is 109 cm³/mol. The molecule has 0 radical (unpaired) electrons. The Bertz CT molecular complexity index is 860. The fourth-order valence-corrected chi connectivity index (χ4v) is 4.09. The Morgan fingerprint density at radius 1 is 1.07 bits per heavy atom. The first-order valence-electron chi connectivity index (χ1n) is 9.59. The highest BCUT2D eigenvalue weighted by atomic mass is 16.1. The minimum Gasteiger partial charge on any atom is -0.369 e. The molecule has 1 aliphatic rings. The summed E-state index contributed by atoms with van der Waals surface area (Å²) in [7, 11) is 0. The van der Waals surface area contributed by atoms with E-state index in [2.05, 4.69) is 46.0 Å². The SMILES string of the molecule is CC(=O)c1c(C)[nH]c(C(=O)[C@@H](C)N2CCN(c3cccc(C)c3)CC2)c1C. The van der Waals surface area contributed by atoms with Gasteiger partial charge in [0, 0.05) is 43.1 Å². The van der Waals surface area contributed by atoms with Crippen molar-refractivity contribution in [3.05, 3.63) is 52.3 Å². The van der Waals surface area contributed by atoms with E-state index < -0.39 is 0 Å². The maximum Gasteiger partial charge on any atom is 0.196 e. The predicted octanol–water partition coefficient (Wildman–Crippen LogP) is 3.54. The molecule has 0 aliphatic carbocycles. The first-order chi connectivity index (χ1) is 12.8.